The van der Waals surface area contributed by atoms with Gasteiger partial charge in [-0.05, 0) is 55.0 Å². The summed E-state index contributed by atoms with van der Waals surface area (Å²) in [7, 11) is 3.11. The summed E-state index contributed by atoms with van der Waals surface area (Å²) in [6.45, 7) is 9.52. The second-order valence-corrected chi connectivity index (χ2v) is 7.18. The number of hydrogen-bond donors (Lipinski definition) is 0. The van der Waals surface area contributed by atoms with Gasteiger partial charge in [0, 0.05) is 0 Å². The fourth-order valence-electron chi connectivity index (χ4n) is 2.97. The first-order valence-electron chi connectivity index (χ1n) is 6.80. The average molecular weight is 228 g/mol. The van der Waals surface area contributed by atoms with Crippen LogP contribution in [0.3, 0.4) is 0 Å². The van der Waals surface area contributed by atoms with Crippen molar-refractivity contribution in [3.05, 3.63) is 0 Å². The molecule has 0 aromatic carbocycles. The van der Waals surface area contributed by atoms with E-state index in [9.17, 15) is 0 Å². The van der Waals surface area contributed by atoms with Crippen molar-refractivity contribution in [3.8, 4) is 0 Å². The Balaban J connectivity index is 2.42. The molecule has 1 aliphatic carbocycles. The Morgan fingerprint density at radius 1 is 1.20 bits per heavy atom. The van der Waals surface area contributed by atoms with Gasteiger partial charge in [0.1, 0.15) is 0 Å². The molecule has 0 bridgehead atoms. The van der Waals surface area contributed by atoms with Crippen molar-refractivity contribution in [2.45, 2.75) is 71.4 Å². The van der Waals surface area contributed by atoms with E-state index in [2.05, 4.69) is 36.9 Å². The van der Waals surface area contributed by atoms with E-state index in [1.54, 1.807) is 0 Å². The zero-order chi connectivity index (χ0) is 11.5. The van der Waals surface area contributed by atoms with Gasteiger partial charge in [-0.2, -0.15) is 0 Å². The lowest BCUT2D eigenvalue weighted by Gasteiger charge is -2.40. The van der Waals surface area contributed by atoms with Gasteiger partial charge in [-0.15, -0.1) is 9.24 Å². The van der Waals surface area contributed by atoms with Crippen molar-refractivity contribution in [2.24, 2.45) is 17.8 Å². The molecule has 0 amide bonds. The minimum Gasteiger partial charge on any atom is -0.131 e. The number of rotatable bonds is 4. The highest BCUT2D eigenvalue weighted by molar-refractivity contribution is 7.18. The molecule has 0 spiro atoms. The SMILES string of the molecule is CCC(C)C1CCC(C(C)(P)CC)CC1. The van der Waals surface area contributed by atoms with Gasteiger partial charge in [-0.1, -0.05) is 34.1 Å². The zero-order valence-electron chi connectivity index (χ0n) is 11.1. The van der Waals surface area contributed by atoms with E-state index in [1.807, 2.05) is 0 Å². The first-order valence-corrected chi connectivity index (χ1v) is 7.37. The molecule has 0 N–H and O–H groups in total. The van der Waals surface area contributed by atoms with E-state index in [0.717, 1.165) is 17.8 Å². The maximum atomic E-state index is 3.11. The standard InChI is InChI=1S/C14H29P/c1-5-11(3)12-7-9-13(10-8-12)14(4,15)6-2/h11-13H,5-10,15H2,1-4H3. The van der Waals surface area contributed by atoms with Gasteiger partial charge >= 0.3 is 0 Å². The van der Waals surface area contributed by atoms with Gasteiger partial charge in [0.05, 0.1) is 0 Å². The van der Waals surface area contributed by atoms with Crippen LogP contribution < -0.4 is 0 Å². The summed E-state index contributed by atoms with van der Waals surface area (Å²) >= 11 is 0. The molecule has 0 heterocycles. The monoisotopic (exact) mass is 228 g/mol. The van der Waals surface area contributed by atoms with Crippen LogP contribution in [0.1, 0.15) is 66.2 Å². The summed E-state index contributed by atoms with van der Waals surface area (Å²) < 4.78 is 0. The minimum atomic E-state index is 0.500. The Hall–Kier alpha value is 0.430. The van der Waals surface area contributed by atoms with Crippen LogP contribution in [0.4, 0.5) is 0 Å². The molecule has 3 unspecified atom stereocenters. The molecule has 0 aromatic heterocycles. The first-order chi connectivity index (χ1) is 7.01. The molecule has 0 nitrogen and oxygen atoms in total. The summed E-state index contributed by atoms with van der Waals surface area (Å²) in [5.74, 6) is 2.92. The Bertz CT molecular complexity index is 178. The average Bonchev–Trinajstić information content (AvgIpc) is 2.28. The van der Waals surface area contributed by atoms with Crippen molar-refractivity contribution in [2.75, 3.05) is 0 Å². The lowest BCUT2D eigenvalue weighted by atomic mass is 9.71. The highest BCUT2D eigenvalue weighted by atomic mass is 31.0. The highest BCUT2D eigenvalue weighted by Crippen LogP contribution is 2.43. The Kier molecular flexibility index (Phi) is 5.10. The maximum absolute atomic E-state index is 3.11. The molecule has 90 valence electrons. The predicted octanol–water partition coefficient (Wildman–Crippen LogP) is 4.88. The van der Waals surface area contributed by atoms with Crippen LogP contribution in [0.15, 0.2) is 0 Å². The van der Waals surface area contributed by atoms with Gasteiger partial charge < -0.3 is 0 Å². The summed E-state index contributed by atoms with van der Waals surface area (Å²) in [5, 5.41) is 0.500. The molecule has 0 saturated heterocycles. The van der Waals surface area contributed by atoms with Gasteiger partial charge in [-0.3, -0.25) is 0 Å². The molecule has 1 saturated carbocycles. The fourth-order valence-corrected chi connectivity index (χ4v) is 3.30. The van der Waals surface area contributed by atoms with Crippen LogP contribution in [-0.2, 0) is 0 Å². The summed E-state index contributed by atoms with van der Waals surface area (Å²) in [6.07, 6.45) is 8.54. The van der Waals surface area contributed by atoms with Crippen LogP contribution in [-0.4, -0.2) is 5.16 Å². The quantitative estimate of drug-likeness (QED) is 0.601. The molecule has 0 radical (unpaired) electrons. The van der Waals surface area contributed by atoms with E-state index in [1.165, 1.54) is 38.5 Å². The van der Waals surface area contributed by atoms with E-state index >= 15 is 0 Å². The lowest BCUT2D eigenvalue weighted by Crippen LogP contribution is -2.32. The van der Waals surface area contributed by atoms with Crippen molar-refractivity contribution in [1.29, 1.82) is 0 Å². The second-order valence-electron chi connectivity index (χ2n) is 5.86. The topological polar surface area (TPSA) is 0 Å². The largest absolute Gasteiger partial charge is 0.131 e. The molecule has 0 aromatic rings. The third kappa shape index (κ3) is 3.45. The van der Waals surface area contributed by atoms with Gasteiger partial charge in [-0.25, -0.2) is 0 Å². The van der Waals surface area contributed by atoms with Crippen LogP contribution in [0.5, 0.6) is 0 Å². The molecule has 1 heteroatoms. The van der Waals surface area contributed by atoms with Crippen LogP contribution in [0, 0.1) is 17.8 Å². The van der Waals surface area contributed by atoms with Gasteiger partial charge in [0.15, 0.2) is 0 Å². The highest BCUT2D eigenvalue weighted by Gasteiger charge is 2.32. The minimum absolute atomic E-state index is 0.500. The summed E-state index contributed by atoms with van der Waals surface area (Å²) in [6, 6.07) is 0. The second kappa shape index (κ2) is 5.67. The smallest absolute Gasteiger partial charge is 0.0153 e. The Labute approximate surface area is 98.8 Å². The van der Waals surface area contributed by atoms with Crippen LogP contribution in [0.2, 0.25) is 0 Å². The summed E-state index contributed by atoms with van der Waals surface area (Å²) in [4.78, 5) is 0. The number of hydrogen-bond acceptors (Lipinski definition) is 0. The molecular weight excluding hydrogens is 199 g/mol. The van der Waals surface area contributed by atoms with Crippen LogP contribution in [0.25, 0.3) is 0 Å². The van der Waals surface area contributed by atoms with Crippen LogP contribution >= 0.6 is 9.24 Å². The molecule has 1 aliphatic rings. The third-order valence-corrected chi connectivity index (χ3v) is 5.79. The molecular formula is C14H29P. The van der Waals surface area contributed by atoms with Crippen molar-refractivity contribution in [1.82, 2.24) is 0 Å². The Morgan fingerprint density at radius 3 is 2.13 bits per heavy atom. The van der Waals surface area contributed by atoms with E-state index in [-0.39, 0.29) is 0 Å². The van der Waals surface area contributed by atoms with E-state index < -0.39 is 0 Å². The normalized spacial score (nSPS) is 33.4. The van der Waals surface area contributed by atoms with Gasteiger partial charge in [0.25, 0.3) is 0 Å². The first kappa shape index (κ1) is 13.5. The Morgan fingerprint density at radius 2 is 1.73 bits per heavy atom. The molecule has 15 heavy (non-hydrogen) atoms. The fraction of sp³-hybridized carbons (Fsp3) is 1.00. The van der Waals surface area contributed by atoms with Crippen molar-refractivity contribution >= 4 is 9.24 Å². The van der Waals surface area contributed by atoms with Gasteiger partial charge in [0.2, 0.25) is 0 Å². The zero-order valence-corrected chi connectivity index (χ0v) is 12.2. The lowest BCUT2D eigenvalue weighted by molar-refractivity contribution is 0.184. The van der Waals surface area contributed by atoms with E-state index in [4.69, 9.17) is 0 Å². The molecule has 0 aliphatic heterocycles. The van der Waals surface area contributed by atoms with Crippen molar-refractivity contribution in [3.63, 3.8) is 0 Å². The van der Waals surface area contributed by atoms with Crippen molar-refractivity contribution < 1.29 is 0 Å². The summed E-state index contributed by atoms with van der Waals surface area (Å²) in [5.41, 5.74) is 0. The maximum Gasteiger partial charge on any atom is -0.0153 e. The molecule has 1 fully saturated rings. The molecule has 1 rings (SSSR count). The third-order valence-electron chi connectivity index (χ3n) is 4.91. The predicted molar refractivity (Wildman–Crippen MR) is 73.3 cm³/mol. The molecule has 3 atom stereocenters. The van der Waals surface area contributed by atoms with E-state index in [0.29, 0.717) is 5.16 Å².